The van der Waals surface area contributed by atoms with Gasteiger partial charge in [0.25, 0.3) is 5.91 Å². The zero-order chi connectivity index (χ0) is 21.9. The molecule has 2 heterocycles. The lowest BCUT2D eigenvalue weighted by Gasteiger charge is -2.29. The third-order valence-electron chi connectivity index (χ3n) is 6.00. The van der Waals surface area contributed by atoms with E-state index in [0.717, 1.165) is 22.4 Å². The number of allylic oxidation sites excluding steroid dienone is 1. The smallest absolute Gasteiger partial charge is 0.286 e. The Morgan fingerprint density at radius 1 is 1.06 bits per heavy atom. The molecule has 1 fully saturated rings. The highest BCUT2D eigenvalue weighted by Gasteiger charge is 2.31. The second-order valence-electron chi connectivity index (χ2n) is 8.47. The molecule has 7 heteroatoms. The summed E-state index contributed by atoms with van der Waals surface area (Å²) in [5.41, 5.74) is 2.84. The SMILES string of the molecule is O=C(NCC1CC1)C1=CC(c2ccc3c(c2)OCO3)CC(OCc2ccc(CO)cc2)O1. The summed E-state index contributed by atoms with van der Waals surface area (Å²) in [6, 6.07) is 13.4. The molecule has 7 nitrogen and oxygen atoms in total. The van der Waals surface area contributed by atoms with Gasteiger partial charge in [0.1, 0.15) is 0 Å². The summed E-state index contributed by atoms with van der Waals surface area (Å²) in [5.74, 6) is 2.06. The van der Waals surface area contributed by atoms with Crippen molar-refractivity contribution in [3.05, 3.63) is 71.0 Å². The van der Waals surface area contributed by atoms with Gasteiger partial charge in [-0.2, -0.15) is 0 Å². The van der Waals surface area contributed by atoms with Gasteiger partial charge in [-0.05, 0) is 53.7 Å². The number of benzene rings is 2. The molecule has 0 radical (unpaired) electrons. The van der Waals surface area contributed by atoms with Crippen molar-refractivity contribution in [3.8, 4) is 11.5 Å². The van der Waals surface area contributed by atoms with Gasteiger partial charge in [0.05, 0.1) is 13.2 Å². The molecule has 0 aromatic heterocycles. The molecule has 0 saturated heterocycles. The highest BCUT2D eigenvalue weighted by Crippen LogP contribution is 2.38. The van der Waals surface area contributed by atoms with Gasteiger partial charge in [0, 0.05) is 18.9 Å². The molecular formula is C25H27NO6. The van der Waals surface area contributed by atoms with Crippen LogP contribution in [0.1, 0.15) is 41.9 Å². The lowest BCUT2D eigenvalue weighted by molar-refractivity contribution is -0.150. The van der Waals surface area contributed by atoms with E-state index in [1.165, 1.54) is 12.8 Å². The van der Waals surface area contributed by atoms with Gasteiger partial charge in [0.2, 0.25) is 13.1 Å². The highest BCUT2D eigenvalue weighted by atomic mass is 16.7. The Kier molecular flexibility index (Phi) is 6.01. The van der Waals surface area contributed by atoms with E-state index in [9.17, 15) is 9.90 Å². The summed E-state index contributed by atoms with van der Waals surface area (Å²) < 4.78 is 22.9. The van der Waals surface area contributed by atoms with Crippen molar-refractivity contribution < 1.29 is 28.8 Å². The fourth-order valence-electron chi connectivity index (χ4n) is 3.87. The van der Waals surface area contributed by atoms with E-state index < -0.39 is 6.29 Å². The van der Waals surface area contributed by atoms with Gasteiger partial charge in [-0.15, -0.1) is 0 Å². The Morgan fingerprint density at radius 3 is 2.62 bits per heavy atom. The third-order valence-corrected chi connectivity index (χ3v) is 6.00. The molecule has 5 rings (SSSR count). The first-order valence-corrected chi connectivity index (χ1v) is 11.0. The number of carbonyl (C=O) groups is 1. The molecule has 3 aliphatic rings. The van der Waals surface area contributed by atoms with E-state index in [1.807, 2.05) is 48.5 Å². The van der Waals surface area contributed by atoms with Gasteiger partial charge in [-0.3, -0.25) is 4.79 Å². The van der Waals surface area contributed by atoms with Gasteiger partial charge >= 0.3 is 0 Å². The first-order chi connectivity index (χ1) is 15.7. The summed E-state index contributed by atoms with van der Waals surface area (Å²) >= 11 is 0. The van der Waals surface area contributed by atoms with Crippen molar-refractivity contribution in [1.29, 1.82) is 0 Å². The topological polar surface area (TPSA) is 86.3 Å². The molecule has 1 amide bonds. The van der Waals surface area contributed by atoms with E-state index in [-0.39, 0.29) is 25.2 Å². The quantitative estimate of drug-likeness (QED) is 0.659. The minimum Gasteiger partial charge on any atom is -0.459 e. The zero-order valence-corrected chi connectivity index (χ0v) is 17.8. The maximum atomic E-state index is 12.8. The lowest BCUT2D eigenvalue weighted by atomic mass is 9.92. The first-order valence-electron chi connectivity index (χ1n) is 11.0. The Bertz CT molecular complexity index is 998. The molecule has 168 valence electrons. The van der Waals surface area contributed by atoms with Crippen molar-refractivity contribution in [1.82, 2.24) is 5.32 Å². The van der Waals surface area contributed by atoms with Crippen molar-refractivity contribution in [2.75, 3.05) is 13.3 Å². The fraction of sp³-hybridized carbons (Fsp3) is 0.400. The molecule has 0 bridgehead atoms. The van der Waals surface area contributed by atoms with Gasteiger partial charge in [-0.25, -0.2) is 0 Å². The Hall–Kier alpha value is -3.03. The number of fused-ring (bicyclic) bond motifs is 1. The zero-order valence-electron chi connectivity index (χ0n) is 17.8. The van der Waals surface area contributed by atoms with Crippen LogP contribution in [0.2, 0.25) is 0 Å². The van der Waals surface area contributed by atoms with Crippen LogP contribution in [0.3, 0.4) is 0 Å². The van der Waals surface area contributed by atoms with Crippen LogP contribution in [0.4, 0.5) is 0 Å². The fourth-order valence-corrected chi connectivity index (χ4v) is 3.87. The number of hydrogen-bond acceptors (Lipinski definition) is 6. The van der Waals surface area contributed by atoms with Gasteiger partial charge < -0.3 is 29.4 Å². The lowest BCUT2D eigenvalue weighted by Crippen LogP contribution is -2.33. The standard InChI is InChI=1S/C25H27NO6/c27-13-17-3-5-18(6-4-17)14-29-24-11-20(19-7-8-21-22(9-19)31-15-30-21)10-23(32-24)25(28)26-12-16-1-2-16/h3-10,16,20,24,27H,1-2,11-15H2,(H,26,28). The van der Waals surface area contributed by atoms with Gasteiger partial charge in [-0.1, -0.05) is 30.3 Å². The average molecular weight is 437 g/mol. The first kappa shape index (κ1) is 20.8. The number of rotatable bonds is 8. The van der Waals surface area contributed by atoms with E-state index in [2.05, 4.69) is 5.32 Å². The molecule has 2 aromatic carbocycles. The molecular weight excluding hydrogens is 410 g/mol. The van der Waals surface area contributed by atoms with Crippen molar-refractivity contribution in [2.24, 2.45) is 5.92 Å². The number of nitrogens with one attached hydrogen (secondary N) is 1. The van der Waals surface area contributed by atoms with Crippen LogP contribution in [0.25, 0.3) is 0 Å². The van der Waals surface area contributed by atoms with Crippen LogP contribution in [-0.2, 0) is 27.5 Å². The molecule has 1 aliphatic carbocycles. The molecule has 2 N–H and O–H groups in total. The maximum absolute atomic E-state index is 12.8. The second kappa shape index (κ2) is 9.22. The second-order valence-corrected chi connectivity index (χ2v) is 8.47. The van der Waals surface area contributed by atoms with Crippen molar-refractivity contribution in [2.45, 2.75) is 44.7 Å². The normalized spacial score (nSPS) is 21.6. The number of aliphatic hydroxyl groups excluding tert-OH is 1. The monoisotopic (exact) mass is 437 g/mol. The molecule has 2 atom stereocenters. The number of carbonyl (C=O) groups excluding carboxylic acids is 1. The van der Waals surface area contributed by atoms with E-state index in [0.29, 0.717) is 37.0 Å². The number of ether oxygens (including phenoxy) is 4. The van der Waals surface area contributed by atoms with Crippen molar-refractivity contribution >= 4 is 5.91 Å². The summed E-state index contributed by atoms with van der Waals surface area (Å²) in [6.45, 7) is 1.25. The van der Waals surface area contributed by atoms with Crippen molar-refractivity contribution in [3.63, 3.8) is 0 Å². The Labute approximate surface area is 186 Å². The van der Waals surface area contributed by atoms with Crippen LogP contribution in [-0.4, -0.2) is 30.6 Å². The van der Waals surface area contributed by atoms with Gasteiger partial charge in [0.15, 0.2) is 17.3 Å². The summed E-state index contributed by atoms with van der Waals surface area (Å²) in [7, 11) is 0. The largest absolute Gasteiger partial charge is 0.459 e. The van der Waals surface area contributed by atoms with E-state index in [1.54, 1.807) is 0 Å². The number of amides is 1. The average Bonchev–Trinajstić information content (AvgIpc) is 3.55. The predicted octanol–water partition coefficient (Wildman–Crippen LogP) is 3.36. The van der Waals surface area contributed by atoms with E-state index >= 15 is 0 Å². The Balaban J connectivity index is 1.31. The molecule has 2 aromatic rings. The summed E-state index contributed by atoms with van der Waals surface area (Å²) in [5, 5.41) is 12.2. The van der Waals surface area contributed by atoms with E-state index in [4.69, 9.17) is 18.9 Å². The highest BCUT2D eigenvalue weighted by molar-refractivity contribution is 5.91. The van der Waals surface area contributed by atoms with Crippen LogP contribution in [0, 0.1) is 5.92 Å². The molecule has 0 spiro atoms. The molecule has 2 aliphatic heterocycles. The number of aliphatic hydroxyl groups is 1. The molecule has 2 unspecified atom stereocenters. The Morgan fingerprint density at radius 2 is 1.84 bits per heavy atom. The van der Waals surface area contributed by atoms with Crippen LogP contribution in [0.5, 0.6) is 11.5 Å². The maximum Gasteiger partial charge on any atom is 0.286 e. The summed E-state index contributed by atoms with van der Waals surface area (Å²) in [4.78, 5) is 12.8. The molecule has 1 saturated carbocycles. The molecule has 32 heavy (non-hydrogen) atoms. The summed E-state index contributed by atoms with van der Waals surface area (Å²) in [6.07, 6.45) is 4.22. The van der Waals surface area contributed by atoms with Crippen LogP contribution < -0.4 is 14.8 Å². The van der Waals surface area contributed by atoms with Crippen LogP contribution >= 0.6 is 0 Å². The van der Waals surface area contributed by atoms with Crippen LogP contribution in [0.15, 0.2) is 54.3 Å². The minimum absolute atomic E-state index is 0.00814. The minimum atomic E-state index is -0.561. The third kappa shape index (κ3) is 4.89. The number of hydrogen-bond donors (Lipinski definition) is 2. The predicted molar refractivity (Wildman–Crippen MR) is 116 cm³/mol.